The molecule has 0 spiro atoms. The third-order valence-corrected chi connectivity index (χ3v) is 5.15. The van der Waals surface area contributed by atoms with E-state index in [1.54, 1.807) is 0 Å². The second kappa shape index (κ2) is 8.41. The average molecular weight is 271 g/mol. The lowest BCUT2D eigenvalue weighted by molar-refractivity contribution is 0.190. The van der Waals surface area contributed by atoms with Crippen molar-refractivity contribution in [2.45, 2.75) is 45.4 Å². The van der Waals surface area contributed by atoms with Crippen LogP contribution in [-0.4, -0.2) is 59.3 Å². The molecule has 3 nitrogen and oxygen atoms in total. The van der Waals surface area contributed by atoms with Gasteiger partial charge >= 0.3 is 0 Å². The van der Waals surface area contributed by atoms with Crippen LogP contribution in [0.2, 0.25) is 0 Å². The van der Waals surface area contributed by atoms with Gasteiger partial charge in [-0.3, -0.25) is 0 Å². The van der Waals surface area contributed by atoms with Gasteiger partial charge in [0.2, 0.25) is 0 Å². The predicted octanol–water partition coefficient (Wildman–Crippen LogP) is 2.84. The first kappa shape index (κ1) is 14.6. The number of hydrogen-bond donors (Lipinski definition) is 0. The lowest BCUT2D eigenvalue weighted by atomic mass is 10.2. The van der Waals surface area contributed by atoms with Crippen LogP contribution in [-0.2, 0) is 0 Å². The second-order valence-corrected chi connectivity index (χ2v) is 6.75. The highest BCUT2D eigenvalue weighted by molar-refractivity contribution is 7.94. The first-order valence-corrected chi connectivity index (χ1v) is 8.52. The molecule has 2 saturated heterocycles. The van der Waals surface area contributed by atoms with E-state index in [4.69, 9.17) is 0 Å². The van der Waals surface area contributed by atoms with Crippen LogP contribution in [0.25, 0.3) is 0 Å². The molecule has 2 rings (SSSR count). The molecule has 2 fully saturated rings. The van der Waals surface area contributed by atoms with Gasteiger partial charge in [0.1, 0.15) is 0 Å². The summed E-state index contributed by atoms with van der Waals surface area (Å²) >= 11 is 2.00. The van der Waals surface area contributed by atoms with Crippen molar-refractivity contribution in [3.8, 4) is 0 Å². The van der Waals surface area contributed by atoms with Gasteiger partial charge in [0.15, 0.2) is 0 Å². The van der Waals surface area contributed by atoms with Crippen molar-refractivity contribution in [2.75, 3.05) is 45.8 Å². The zero-order valence-corrected chi connectivity index (χ0v) is 12.8. The summed E-state index contributed by atoms with van der Waals surface area (Å²) < 4.78 is 5.10. The fourth-order valence-corrected chi connectivity index (χ4v) is 3.80. The average Bonchev–Trinajstić information content (AvgIpc) is 2.89. The largest absolute Gasteiger partial charge is 0.301 e. The molecule has 18 heavy (non-hydrogen) atoms. The molecule has 0 unspecified atom stereocenters. The topological polar surface area (TPSA) is 9.72 Å². The molecule has 0 radical (unpaired) electrons. The molecule has 0 atom stereocenters. The Bertz CT molecular complexity index is 211. The Kier molecular flexibility index (Phi) is 6.84. The lowest BCUT2D eigenvalue weighted by Crippen LogP contribution is -2.44. The molecule has 0 aromatic rings. The Morgan fingerprint density at radius 2 is 1.44 bits per heavy atom. The van der Waals surface area contributed by atoms with Crippen molar-refractivity contribution in [3.05, 3.63) is 0 Å². The van der Waals surface area contributed by atoms with Gasteiger partial charge in [0.05, 0.1) is 0 Å². The molecule has 0 aliphatic carbocycles. The van der Waals surface area contributed by atoms with E-state index in [9.17, 15) is 0 Å². The highest BCUT2D eigenvalue weighted by Gasteiger charge is 2.21. The van der Waals surface area contributed by atoms with Crippen molar-refractivity contribution in [1.29, 1.82) is 0 Å². The minimum Gasteiger partial charge on any atom is -0.301 e. The summed E-state index contributed by atoms with van der Waals surface area (Å²) in [6.45, 7) is 11.2. The molecule has 0 saturated carbocycles. The third kappa shape index (κ3) is 5.08. The molecular weight excluding hydrogens is 242 g/mol. The van der Waals surface area contributed by atoms with E-state index in [0.29, 0.717) is 0 Å². The number of nitrogens with zero attached hydrogens (tertiary/aromatic N) is 3. The van der Waals surface area contributed by atoms with E-state index in [1.807, 2.05) is 12.1 Å². The van der Waals surface area contributed by atoms with E-state index >= 15 is 0 Å². The fourth-order valence-electron chi connectivity index (χ4n) is 2.73. The molecule has 106 valence electrons. The Balaban J connectivity index is 1.53. The first-order valence-electron chi connectivity index (χ1n) is 7.79. The maximum Gasteiger partial charge on any atom is 0.0230 e. The molecule has 0 aromatic carbocycles. The van der Waals surface area contributed by atoms with Crippen molar-refractivity contribution >= 4 is 12.1 Å². The molecule has 4 heteroatoms. The number of piperazine rings is 1. The van der Waals surface area contributed by atoms with Crippen molar-refractivity contribution in [3.63, 3.8) is 0 Å². The van der Waals surface area contributed by atoms with Crippen LogP contribution in [0.5, 0.6) is 0 Å². The minimum atomic E-state index is 1.24. The number of unbranched alkanes of at least 4 members (excludes halogenated alkanes) is 3. The quantitative estimate of drug-likeness (QED) is 0.520. The highest BCUT2D eigenvalue weighted by Crippen LogP contribution is 2.23. The first-order chi connectivity index (χ1) is 8.88. The SMILES string of the molecule is CCCCCCN1CCN(SN2CCCC2)CC1. The number of hydrogen-bond acceptors (Lipinski definition) is 4. The molecule has 0 aromatic heterocycles. The van der Waals surface area contributed by atoms with Crippen LogP contribution < -0.4 is 0 Å². The van der Waals surface area contributed by atoms with Gasteiger partial charge < -0.3 is 4.90 Å². The molecule has 2 aliphatic heterocycles. The fraction of sp³-hybridized carbons (Fsp3) is 1.00. The molecule has 2 aliphatic rings. The minimum absolute atomic E-state index is 1.24. The summed E-state index contributed by atoms with van der Waals surface area (Å²) in [4.78, 5) is 2.65. The molecule has 0 N–H and O–H groups in total. The monoisotopic (exact) mass is 271 g/mol. The molecule has 2 heterocycles. The van der Waals surface area contributed by atoms with E-state index in [-0.39, 0.29) is 0 Å². The summed E-state index contributed by atoms with van der Waals surface area (Å²) in [6.07, 6.45) is 8.35. The maximum atomic E-state index is 2.65. The molecule has 0 amide bonds. The zero-order valence-electron chi connectivity index (χ0n) is 11.9. The summed E-state index contributed by atoms with van der Waals surface area (Å²) in [6, 6.07) is 0. The zero-order chi connectivity index (χ0) is 12.6. The van der Waals surface area contributed by atoms with Gasteiger partial charge in [-0.25, -0.2) is 8.61 Å². The van der Waals surface area contributed by atoms with E-state index in [2.05, 4.69) is 20.4 Å². The van der Waals surface area contributed by atoms with Gasteiger partial charge in [-0.2, -0.15) is 0 Å². The van der Waals surface area contributed by atoms with Crippen LogP contribution in [0.1, 0.15) is 45.4 Å². The summed E-state index contributed by atoms with van der Waals surface area (Å²) in [7, 11) is 0. The summed E-state index contributed by atoms with van der Waals surface area (Å²) in [5.74, 6) is 0. The number of rotatable bonds is 7. The summed E-state index contributed by atoms with van der Waals surface area (Å²) in [5.41, 5.74) is 0. The highest BCUT2D eigenvalue weighted by atomic mass is 32.2. The van der Waals surface area contributed by atoms with Gasteiger partial charge in [-0.1, -0.05) is 26.2 Å². The summed E-state index contributed by atoms with van der Waals surface area (Å²) in [5, 5.41) is 0. The molecular formula is C14H29N3S. The van der Waals surface area contributed by atoms with Crippen molar-refractivity contribution < 1.29 is 0 Å². The Morgan fingerprint density at radius 3 is 2.11 bits per heavy atom. The van der Waals surface area contributed by atoms with Gasteiger partial charge in [0, 0.05) is 51.4 Å². The third-order valence-electron chi connectivity index (χ3n) is 3.96. The smallest absolute Gasteiger partial charge is 0.0230 e. The normalized spacial score (nSPS) is 23.8. The second-order valence-electron chi connectivity index (χ2n) is 5.55. The van der Waals surface area contributed by atoms with Crippen LogP contribution in [0.3, 0.4) is 0 Å². The standard InChI is InChI=1S/C14H29N3S/c1-2-3-4-5-8-15-11-13-17(14-12-15)18-16-9-6-7-10-16/h2-14H2,1H3. The van der Waals surface area contributed by atoms with Crippen LogP contribution in [0.4, 0.5) is 0 Å². The Hall–Kier alpha value is 0.230. The van der Waals surface area contributed by atoms with Crippen LogP contribution >= 0.6 is 12.1 Å². The van der Waals surface area contributed by atoms with Gasteiger partial charge in [0.25, 0.3) is 0 Å². The molecule has 0 bridgehead atoms. The van der Waals surface area contributed by atoms with Crippen LogP contribution in [0, 0.1) is 0 Å². The Morgan fingerprint density at radius 1 is 0.778 bits per heavy atom. The Labute approximate surface area is 117 Å². The van der Waals surface area contributed by atoms with E-state index in [1.165, 1.54) is 84.3 Å². The van der Waals surface area contributed by atoms with Crippen LogP contribution in [0.15, 0.2) is 0 Å². The van der Waals surface area contributed by atoms with Gasteiger partial charge in [-0.05, 0) is 25.8 Å². The van der Waals surface area contributed by atoms with Crippen molar-refractivity contribution in [2.24, 2.45) is 0 Å². The van der Waals surface area contributed by atoms with E-state index < -0.39 is 0 Å². The van der Waals surface area contributed by atoms with Crippen molar-refractivity contribution in [1.82, 2.24) is 13.5 Å². The lowest BCUT2D eigenvalue weighted by Gasteiger charge is -2.35. The maximum absolute atomic E-state index is 2.65. The van der Waals surface area contributed by atoms with E-state index in [0.717, 1.165) is 0 Å². The van der Waals surface area contributed by atoms with Gasteiger partial charge in [-0.15, -0.1) is 0 Å². The predicted molar refractivity (Wildman–Crippen MR) is 80.6 cm³/mol.